The van der Waals surface area contributed by atoms with Crippen LogP contribution in [-0.2, 0) is 21.2 Å². The average molecular weight is 442 g/mol. The number of carbonyl (C=O) groups is 1. The van der Waals surface area contributed by atoms with E-state index in [1.165, 1.54) is 20.2 Å². The van der Waals surface area contributed by atoms with Gasteiger partial charge in [0.25, 0.3) is 10.0 Å². The Kier molecular flexibility index (Phi) is 6.97. The Morgan fingerprint density at radius 2 is 2.03 bits per heavy atom. The van der Waals surface area contributed by atoms with E-state index in [1.807, 2.05) is 13.8 Å². The summed E-state index contributed by atoms with van der Waals surface area (Å²) in [6.45, 7) is 5.13. The molecule has 0 fully saturated rings. The Bertz CT molecular complexity index is 1100. The molecule has 0 spiro atoms. The molecule has 0 saturated carbocycles. The molecule has 3 N–H and O–H groups in total. The highest BCUT2D eigenvalue weighted by Gasteiger charge is 2.28. The number of carboxylic acids is 1. The molecule has 0 aliphatic heterocycles. The molecular weight excluding hydrogens is 418 g/mol. The predicted molar refractivity (Wildman–Crippen MR) is 114 cm³/mol. The lowest BCUT2D eigenvalue weighted by Gasteiger charge is -2.13. The monoisotopic (exact) mass is 441 g/mol. The van der Waals surface area contributed by atoms with Gasteiger partial charge in [-0.1, -0.05) is 11.6 Å². The molecule has 10 heteroatoms. The van der Waals surface area contributed by atoms with Crippen molar-refractivity contribution in [2.45, 2.75) is 39.7 Å². The number of hydrogen-bond acceptors (Lipinski definition) is 6. The number of aliphatic carboxylic acids is 1. The molecule has 0 radical (unpaired) electrons. The van der Waals surface area contributed by atoms with Crippen LogP contribution in [0.15, 0.2) is 40.0 Å². The molecule has 0 saturated heterocycles. The third-order valence-electron chi connectivity index (χ3n) is 4.06. The average Bonchev–Trinajstić information content (AvgIpc) is 2.97. The largest absolute Gasteiger partial charge is 0.491 e. The van der Waals surface area contributed by atoms with Crippen molar-refractivity contribution < 1.29 is 23.1 Å². The molecule has 2 aromatic rings. The number of allylic oxidation sites excluding steroid dienone is 2. The second kappa shape index (κ2) is 8.87. The van der Waals surface area contributed by atoms with Crippen molar-refractivity contribution in [2.24, 2.45) is 10.7 Å². The van der Waals surface area contributed by atoms with Crippen molar-refractivity contribution in [1.82, 2.24) is 3.97 Å². The molecule has 2 rings (SSSR count). The van der Waals surface area contributed by atoms with Crippen LogP contribution in [0.1, 0.15) is 32.8 Å². The smallest absolute Gasteiger partial charge is 0.303 e. The van der Waals surface area contributed by atoms with Crippen molar-refractivity contribution >= 4 is 43.7 Å². The van der Waals surface area contributed by atoms with Gasteiger partial charge in [0.2, 0.25) is 0 Å². The van der Waals surface area contributed by atoms with E-state index in [1.54, 1.807) is 18.2 Å². The second-order valence-corrected chi connectivity index (χ2v) is 8.83. The lowest BCUT2D eigenvalue weighted by Crippen LogP contribution is -2.21. The summed E-state index contributed by atoms with van der Waals surface area (Å²) >= 11 is 6.04. The fourth-order valence-electron chi connectivity index (χ4n) is 2.90. The second-order valence-electron chi connectivity index (χ2n) is 6.72. The first-order chi connectivity index (χ1) is 13.5. The number of aliphatic imine (C=N–C) groups is 1. The Labute approximate surface area is 174 Å². The fraction of sp³-hybridized carbons (Fsp3) is 0.368. The summed E-state index contributed by atoms with van der Waals surface area (Å²) in [5.74, 6) is -0.495. The van der Waals surface area contributed by atoms with Gasteiger partial charge in [0, 0.05) is 36.8 Å². The predicted octanol–water partition coefficient (Wildman–Crippen LogP) is 3.08. The third kappa shape index (κ3) is 4.91. The van der Waals surface area contributed by atoms with Gasteiger partial charge >= 0.3 is 5.97 Å². The summed E-state index contributed by atoms with van der Waals surface area (Å²) < 4.78 is 33.5. The number of halogens is 1. The van der Waals surface area contributed by atoms with Crippen LogP contribution in [0.2, 0.25) is 0 Å². The van der Waals surface area contributed by atoms with E-state index in [9.17, 15) is 13.2 Å². The van der Waals surface area contributed by atoms with Crippen LogP contribution in [0, 0.1) is 0 Å². The van der Waals surface area contributed by atoms with Crippen LogP contribution in [-0.4, -0.2) is 41.8 Å². The summed E-state index contributed by atoms with van der Waals surface area (Å²) in [5.41, 5.74) is 6.70. The number of aryl methyl sites for hydroxylation is 1. The zero-order chi connectivity index (χ0) is 21.9. The van der Waals surface area contributed by atoms with E-state index in [0.29, 0.717) is 22.2 Å². The first-order valence-electron chi connectivity index (χ1n) is 8.86. The standard InChI is InChI=1S/C19H24ClN3O5S/c1-11(2)28-14-6-7-15-13(5-8-17(24)25)10-23(16(15)9-14)29(26,27)18(12(3)21)19(20)22-4/h6-7,9-11H,5,8,21H2,1-4H3,(H,24,25). The number of benzene rings is 1. The van der Waals surface area contributed by atoms with Crippen LogP contribution >= 0.6 is 11.6 Å². The van der Waals surface area contributed by atoms with Gasteiger partial charge < -0.3 is 15.6 Å². The molecule has 8 nitrogen and oxygen atoms in total. The van der Waals surface area contributed by atoms with Crippen LogP contribution < -0.4 is 10.5 Å². The van der Waals surface area contributed by atoms with Crippen molar-refractivity contribution in [3.8, 4) is 5.75 Å². The Morgan fingerprint density at radius 3 is 2.55 bits per heavy atom. The van der Waals surface area contributed by atoms with Crippen LogP contribution in [0.3, 0.4) is 0 Å². The fourth-order valence-corrected chi connectivity index (χ4v) is 4.93. The number of carboxylic acid groups (broad SMARTS) is 1. The Hall–Kier alpha value is -2.52. The number of rotatable bonds is 8. The summed E-state index contributed by atoms with van der Waals surface area (Å²) in [6.07, 6.45) is 1.31. The number of aromatic nitrogens is 1. The maximum Gasteiger partial charge on any atom is 0.303 e. The lowest BCUT2D eigenvalue weighted by atomic mass is 10.1. The molecule has 1 aromatic heterocycles. The van der Waals surface area contributed by atoms with Crippen molar-refractivity contribution in [3.05, 3.63) is 40.6 Å². The van der Waals surface area contributed by atoms with Gasteiger partial charge in [-0.25, -0.2) is 12.4 Å². The minimum Gasteiger partial charge on any atom is -0.491 e. The first kappa shape index (κ1) is 22.8. The van der Waals surface area contributed by atoms with Gasteiger partial charge in [-0.05, 0) is 44.9 Å². The van der Waals surface area contributed by atoms with Gasteiger partial charge in [0.05, 0.1) is 11.6 Å². The lowest BCUT2D eigenvalue weighted by molar-refractivity contribution is -0.136. The van der Waals surface area contributed by atoms with E-state index < -0.39 is 16.0 Å². The molecule has 0 unspecified atom stereocenters. The molecule has 158 valence electrons. The molecule has 0 bridgehead atoms. The van der Waals surface area contributed by atoms with Crippen LogP contribution in [0.25, 0.3) is 10.9 Å². The number of nitrogens with zero attached hydrogens (tertiary/aromatic N) is 2. The number of nitrogens with two attached hydrogens (primary N) is 1. The highest BCUT2D eigenvalue weighted by Crippen LogP contribution is 2.31. The molecule has 0 aliphatic rings. The summed E-state index contributed by atoms with van der Waals surface area (Å²) in [4.78, 5) is 14.5. The van der Waals surface area contributed by atoms with E-state index in [4.69, 9.17) is 27.2 Å². The van der Waals surface area contributed by atoms with Crippen LogP contribution in [0.5, 0.6) is 5.75 Å². The molecule has 1 heterocycles. The van der Waals surface area contributed by atoms with Crippen molar-refractivity contribution in [2.75, 3.05) is 7.05 Å². The highest BCUT2D eigenvalue weighted by molar-refractivity contribution is 7.95. The topological polar surface area (TPSA) is 124 Å². The van der Waals surface area contributed by atoms with Gasteiger partial charge in [-0.3, -0.25) is 9.79 Å². The molecule has 1 aromatic carbocycles. The number of hydrogen-bond donors (Lipinski definition) is 2. The van der Waals surface area contributed by atoms with Crippen molar-refractivity contribution in [1.29, 1.82) is 0 Å². The van der Waals surface area contributed by atoms with Gasteiger partial charge in [-0.15, -0.1) is 0 Å². The van der Waals surface area contributed by atoms with E-state index >= 15 is 0 Å². The van der Waals surface area contributed by atoms with Gasteiger partial charge in [0.1, 0.15) is 15.8 Å². The van der Waals surface area contributed by atoms with Gasteiger partial charge in [0.15, 0.2) is 0 Å². The molecule has 29 heavy (non-hydrogen) atoms. The molecule has 0 amide bonds. The maximum absolute atomic E-state index is 13.4. The molecular formula is C19H24ClN3O5S. The maximum atomic E-state index is 13.4. The minimum absolute atomic E-state index is 0.0101. The summed E-state index contributed by atoms with van der Waals surface area (Å²) in [6, 6.07) is 5.02. The number of ether oxygens (including phenoxy) is 1. The van der Waals surface area contributed by atoms with Crippen LogP contribution in [0.4, 0.5) is 0 Å². The van der Waals surface area contributed by atoms with Crippen molar-refractivity contribution in [3.63, 3.8) is 0 Å². The van der Waals surface area contributed by atoms with E-state index in [2.05, 4.69) is 4.99 Å². The zero-order valence-corrected chi connectivity index (χ0v) is 18.2. The zero-order valence-electron chi connectivity index (χ0n) is 16.6. The Morgan fingerprint density at radius 1 is 1.38 bits per heavy atom. The molecule has 0 aliphatic carbocycles. The van der Waals surface area contributed by atoms with Gasteiger partial charge in [-0.2, -0.15) is 0 Å². The molecule has 0 atom stereocenters. The normalized spacial score (nSPS) is 13.7. The summed E-state index contributed by atoms with van der Waals surface area (Å²) in [7, 11) is -2.83. The van der Waals surface area contributed by atoms with E-state index in [-0.39, 0.29) is 34.7 Å². The highest BCUT2D eigenvalue weighted by atomic mass is 35.5. The summed E-state index contributed by atoms with van der Waals surface area (Å²) in [5, 5.41) is 9.38. The quantitative estimate of drug-likeness (QED) is 0.606. The Balaban J connectivity index is 2.79. The SMILES string of the molecule is CN=C(Cl)C(=C(C)N)S(=O)(=O)n1cc(CCC(=O)O)c2ccc(OC(C)C)cc21. The van der Waals surface area contributed by atoms with E-state index in [0.717, 1.165) is 3.97 Å². The third-order valence-corrected chi connectivity index (χ3v) is 6.39. The number of fused-ring (bicyclic) bond motifs is 1. The first-order valence-corrected chi connectivity index (χ1v) is 10.7. The minimum atomic E-state index is -4.20.